The first kappa shape index (κ1) is 49.8. The van der Waals surface area contributed by atoms with Crippen LogP contribution in [0.5, 0.6) is 0 Å². The van der Waals surface area contributed by atoms with Crippen LogP contribution in [0.2, 0.25) is 0 Å². The Kier molecular flexibility index (Phi) is 19.7. The number of aliphatic hydroxyl groups excluding tert-OH is 3. The van der Waals surface area contributed by atoms with Gasteiger partial charge in [0.1, 0.15) is 36.1 Å². The van der Waals surface area contributed by atoms with Gasteiger partial charge in [-0.1, -0.05) is 45.1 Å². The molecular formula is C42H71NO15. The first-order valence-corrected chi connectivity index (χ1v) is 20.6. The fourth-order valence-corrected chi connectivity index (χ4v) is 8.17. The van der Waals surface area contributed by atoms with Crippen molar-refractivity contribution in [1.29, 1.82) is 0 Å². The normalized spacial score (nSPS) is 40.8. The van der Waals surface area contributed by atoms with Crippen LogP contribution in [-0.4, -0.2) is 156 Å². The summed E-state index contributed by atoms with van der Waals surface area (Å²) in [5.74, 6) is -2.60. The number of carbonyl (C=O) groups is 3. The van der Waals surface area contributed by atoms with Gasteiger partial charge < -0.3 is 63.2 Å². The number of cyclic esters (lactones) is 1. The van der Waals surface area contributed by atoms with E-state index >= 15 is 0 Å². The van der Waals surface area contributed by atoms with Crippen molar-refractivity contribution >= 4 is 17.9 Å². The van der Waals surface area contributed by atoms with Crippen LogP contribution in [0, 0.1) is 17.8 Å². The lowest BCUT2D eigenvalue weighted by molar-refractivity contribution is -0.344. The van der Waals surface area contributed by atoms with Gasteiger partial charge in [0.15, 0.2) is 18.7 Å². The van der Waals surface area contributed by atoms with Gasteiger partial charge in [0, 0.05) is 39.9 Å². The minimum absolute atomic E-state index is 0.0367. The molecule has 16 heteroatoms. The van der Waals surface area contributed by atoms with Crippen molar-refractivity contribution < 1.29 is 72.7 Å². The van der Waals surface area contributed by atoms with Crippen LogP contribution in [0.3, 0.4) is 0 Å². The second-order valence-corrected chi connectivity index (χ2v) is 17.1. The molecule has 3 aliphatic rings. The van der Waals surface area contributed by atoms with Crippen molar-refractivity contribution in [2.24, 2.45) is 17.8 Å². The summed E-state index contributed by atoms with van der Waals surface area (Å²) in [6, 6.07) is -0.762. The number of hydrogen-bond donors (Lipinski definition) is 4. The molecule has 0 unspecified atom stereocenters. The largest absolute Gasteiger partial charge is 0.462 e. The number of esters is 3. The Labute approximate surface area is 344 Å². The number of carbonyl (C=O) groups excluding carboxylic acids is 3. The second kappa shape index (κ2) is 22.9. The number of nitrogens with zero attached hydrogens (tertiary/aromatic N) is 1. The Morgan fingerprint density at radius 1 is 1.00 bits per heavy atom. The van der Waals surface area contributed by atoms with E-state index in [9.17, 15) is 34.8 Å². The Morgan fingerprint density at radius 2 is 1.69 bits per heavy atom. The predicted octanol–water partition coefficient (Wildman–Crippen LogP) is 2.81. The van der Waals surface area contributed by atoms with Crippen LogP contribution in [0.25, 0.3) is 0 Å². The monoisotopic (exact) mass is 829 g/mol. The molecule has 0 amide bonds. The zero-order valence-corrected chi connectivity index (χ0v) is 36.2. The van der Waals surface area contributed by atoms with Gasteiger partial charge in [0.05, 0.1) is 36.9 Å². The molecular weight excluding hydrogens is 758 g/mol. The topological polar surface area (TPSA) is 209 Å². The summed E-state index contributed by atoms with van der Waals surface area (Å²) in [6.07, 6.45) is -4.06. The van der Waals surface area contributed by atoms with Gasteiger partial charge in [-0.15, -0.1) is 0 Å². The molecule has 0 spiro atoms. The summed E-state index contributed by atoms with van der Waals surface area (Å²) in [4.78, 5) is 40.0. The number of methoxy groups -OCH3 is 1. The van der Waals surface area contributed by atoms with Gasteiger partial charge in [-0.3, -0.25) is 14.4 Å². The third kappa shape index (κ3) is 14.3. The van der Waals surface area contributed by atoms with Crippen molar-refractivity contribution in [2.45, 2.75) is 179 Å². The molecule has 3 rings (SSSR count). The fraction of sp³-hybridized carbons (Fsp3) is 0.833. The van der Waals surface area contributed by atoms with Gasteiger partial charge in [-0.2, -0.15) is 0 Å². The third-order valence-electron chi connectivity index (χ3n) is 11.0. The zero-order chi connectivity index (χ0) is 43.5. The quantitative estimate of drug-likeness (QED) is 0.165. The van der Waals surface area contributed by atoms with E-state index in [0.29, 0.717) is 12.8 Å². The highest BCUT2D eigenvalue weighted by Gasteiger charge is 2.53. The molecule has 16 nitrogen and oxygen atoms in total. The molecule has 0 aliphatic carbocycles. The molecule has 3 heterocycles. The predicted molar refractivity (Wildman–Crippen MR) is 211 cm³/mol. The SMILES string of the molecule is CO[C@@H]1[C@@H](O[C@@H]2O[C@H](C)[C@@H](O[C@H]3C[C@@](C)(O)[C@@H](OC(=O)CC(C)C)[C@@H](C)O3)[C@H](N(C)C)[C@H]2O)[C@@H](CCO)C[C@@H](C)[C@@H](O)/C=C/C=C/C[C@@H](C)OC(=O)C[C@H]1OC(C)=O. The number of aliphatic hydroxyl groups is 4. The maximum Gasteiger partial charge on any atom is 0.309 e. The highest BCUT2D eigenvalue weighted by atomic mass is 16.7. The van der Waals surface area contributed by atoms with Crippen molar-refractivity contribution in [3.63, 3.8) is 0 Å². The van der Waals surface area contributed by atoms with Crippen LogP contribution in [0.15, 0.2) is 24.3 Å². The van der Waals surface area contributed by atoms with Crippen LogP contribution in [-0.2, 0) is 52.3 Å². The van der Waals surface area contributed by atoms with E-state index in [1.54, 1.807) is 64.9 Å². The fourth-order valence-electron chi connectivity index (χ4n) is 8.17. The van der Waals surface area contributed by atoms with E-state index in [2.05, 4.69) is 0 Å². The van der Waals surface area contributed by atoms with Gasteiger partial charge in [-0.05, 0) is 72.4 Å². The van der Waals surface area contributed by atoms with Gasteiger partial charge >= 0.3 is 17.9 Å². The van der Waals surface area contributed by atoms with Crippen molar-refractivity contribution in [1.82, 2.24) is 4.90 Å². The van der Waals surface area contributed by atoms with E-state index in [1.165, 1.54) is 14.0 Å². The summed E-state index contributed by atoms with van der Waals surface area (Å²) in [6.45, 7) is 13.3. The highest BCUT2D eigenvalue weighted by Crippen LogP contribution is 2.38. The number of rotatable bonds is 12. The molecule has 3 aliphatic heterocycles. The summed E-state index contributed by atoms with van der Waals surface area (Å²) in [5, 5.41) is 45.0. The van der Waals surface area contributed by atoms with Crippen LogP contribution >= 0.6 is 0 Å². The molecule has 4 N–H and O–H groups in total. The summed E-state index contributed by atoms with van der Waals surface area (Å²) in [7, 11) is 4.91. The van der Waals surface area contributed by atoms with E-state index in [-0.39, 0.29) is 44.1 Å². The van der Waals surface area contributed by atoms with Gasteiger partial charge in [0.2, 0.25) is 0 Å². The van der Waals surface area contributed by atoms with Crippen molar-refractivity contribution in [3.05, 3.63) is 24.3 Å². The first-order valence-electron chi connectivity index (χ1n) is 20.6. The number of hydrogen-bond acceptors (Lipinski definition) is 16. The Balaban J connectivity index is 1.97. The second-order valence-electron chi connectivity index (χ2n) is 17.1. The van der Waals surface area contributed by atoms with E-state index in [1.807, 2.05) is 26.8 Å². The molecule has 0 aromatic heterocycles. The summed E-state index contributed by atoms with van der Waals surface area (Å²) < 4.78 is 48.7. The lowest BCUT2D eigenvalue weighted by Crippen LogP contribution is -2.66. The Hall–Kier alpha value is -2.51. The minimum atomic E-state index is -1.49. The molecule has 58 heavy (non-hydrogen) atoms. The summed E-state index contributed by atoms with van der Waals surface area (Å²) >= 11 is 0. The molecule has 0 bridgehead atoms. The van der Waals surface area contributed by atoms with Crippen LogP contribution in [0.1, 0.15) is 93.9 Å². The number of ether oxygens (including phenoxy) is 8. The lowest BCUT2D eigenvalue weighted by Gasteiger charge is -2.50. The smallest absolute Gasteiger partial charge is 0.309 e. The number of allylic oxidation sites excluding steroid dienone is 2. The third-order valence-corrected chi connectivity index (χ3v) is 11.0. The lowest BCUT2D eigenvalue weighted by atomic mass is 9.82. The molecule has 2 fully saturated rings. The van der Waals surface area contributed by atoms with Crippen molar-refractivity contribution in [2.75, 3.05) is 27.8 Å². The highest BCUT2D eigenvalue weighted by molar-refractivity contribution is 5.72. The Bertz CT molecular complexity index is 1360. The van der Waals surface area contributed by atoms with E-state index in [4.69, 9.17) is 37.9 Å². The first-order chi connectivity index (χ1) is 27.2. The van der Waals surface area contributed by atoms with Crippen molar-refractivity contribution in [3.8, 4) is 0 Å². The molecule has 16 atom stereocenters. The number of likely N-dealkylation sites (N-methyl/N-ethyl adjacent to an activating group) is 1. The average molecular weight is 830 g/mol. The maximum absolute atomic E-state index is 13.3. The average Bonchev–Trinajstić information content (AvgIpc) is 3.09. The zero-order valence-electron chi connectivity index (χ0n) is 36.2. The van der Waals surface area contributed by atoms with Gasteiger partial charge in [0.25, 0.3) is 0 Å². The molecule has 0 aromatic carbocycles. The molecule has 0 saturated carbocycles. The molecule has 2 saturated heterocycles. The standard InChI is InChI=1S/C42H71NO15/c1-23(2)19-32(47)56-40-27(6)53-34(22-42(40,8)50)57-37-26(5)54-41(36(49)35(37)43(9)10)58-38-29(17-18-44)20-24(3)30(46)16-14-12-13-15-25(4)52-33(48)21-31(39(38)51-11)55-28(7)45/h12-14,16,23-27,29-31,34-41,44,46,49-50H,15,17-22H2,1-11H3/b13-12+,16-14+/t24-,25-,26-,27-,29+,30+,31-,34+,35-,36-,37-,38+,39+,40+,41+,42-/m1/s1. The van der Waals surface area contributed by atoms with E-state index in [0.717, 1.165) is 0 Å². The molecule has 334 valence electrons. The van der Waals surface area contributed by atoms with Crippen LogP contribution in [0.4, 0.5) is 0 Å². The molecule has 0 radical (unpaired) electrons. The maximum atomic E-state index is 13.3. The van der Waals surface area contributed by atoms with Gasteiger partial charge in [-0.25, -0.2) is 0 Å². The van der Waals surface area contributed by atoms with Crippen LogP contribution < -0.4 is 0 Å². The minimum Gasteiger partial charge on any atom is -0.462 e. The van der Waals surface area contributed by atoms with E-state index < -0.39 is 109 Å². The Morgan fingerprint density at radius 3 is 2.28 bits per heavy atom. The summed E-state index contributed by atoms with van der Waals surface area (Å²) in [5.41, 5.74) is -1.49. The molecule has 0 aromatic rings.